The zero-order valence-electron chi connectivity index (χ0n) is 15.8. The van der Waals surface area contributed by atoms with E-state index in [1.807, 2.05) is 36.4 Å². The standard InChI is InChI=1S/C25H17F2NO2/c26-19-10-5-17(6-11-19)24-23-21-4-2-1-3-16(21)9-14-22(23)30-25(28(24)15-29)18-7-12-20(27)13-8-18/h1-15,24-25H/t24-,25+/m1/s1. The molecule has 0 fully saturated rings. The van der Waals surface area contributed by atoms with Gasteiger partial charge in [0.25, 0.3) is 0 Å². The molecule has 0 saturated carbocycles. The van der Waals surface area contributed by atoms with E-state index in [4.69, 9.17) is 4.74 Å². The summed E-state index contributed by atoms with van der Waals surface area (Å²) >= 11 is 0. The second-order valence-corrected chi connectivity index (χ2v) is 7.23. The lowest BCUT2D eigenvalue weighted by molar-refractivity contribution is -0.131. The van der Waals surface area contributed by atoms with E-state index in [9.17, 15) is 13.6 Å². The van der Waals surface area contributed by atoms with Gasteiger partial charge in [-0.05, 0) is 46.7 Å². The van der Waals surface area contributed by atoms with Crippen molar-refractivity contribution in [2.24, 2.45) is 0 Å². The molecular weight excluding hydrogens is 384 g/mol. The molecule has 148 valence electrons. The molecule has 0 saturated heterocycles. The monoisotopic (exact) mass is 401 g/mol. The molecule has 4 aromatic rings. The molecule has 3 nitrogen and oxygen atoms in total. The van der Waals surface area contributed by atoms with Gasteiger partial charge in [-0.3, -0.25) is 9.69 Å². The van der Waals surface area contributed by atoms with Crippen molar-refractivity contribution in [1.82, 2.24) is 4.90 Å². The number of carbonyl (C=O) groups excluding carboxylic acids is 1. The van der Waals surface area contributed by atoms with Crippen molar-refractivity contribution in [3.63, 3.8) is 0 Å². The first-order valence-corrected chi connectivity index (χ1v) is 9.57. The van der Waals surface area contributed by atoms with Crippen LogP contribution in [0.25, 0.3) is 10.8 Å². The Bertz CT molecular complexity index is 1220. The number of hydrogen-bond acceptors (Lipinski definition) is 2. The molecule has 5 rings (SSSR count). The van der Waals surface area contributed by atoms with Gasteiger partial charge < -0.3 is 4.74 Å². The second kappa shape index (κ2) is 7.26. The molecule has 0 aliphatic carbocycles. The van der Waals surface area contributed by atoms with Crippen LogP contribution in [0.4, 0.5) is 8.78 Å². The molecular formula is C25H17F2NO2. The molecule has 2 atom stereocenters. The highest BCUT2D eigenvalue weighted by molar-refractivity contribution is 5.89. The average Bonchev–Trinajstić information content (AvgIpc) is 2.79. The smallest absolute Gasteiger partial charge is 0.213 e. The maximum absolute atomic E-state index is 13.6. The molecule has 0 bridgehead atoms. The third kappa shape index (κ3) is 2.99. The number of halogens is 2. The highest BCUT2D eigenvalue weighted by atomic mass is 19.1. The third-order valence-electron chi connectivity index (χ3n) is 5.47. The fourth-order valence-corrected chi connectivity index (χ4v) is 4.09. The Labute approximate surface area is 172 Å². The summed E-state index contributed by atoms with van der Waals surface area (Å²) < 4.78 is 33.3. The summed E-state index contributed by atoms with van der Waals surface area (Å²) in [6.45, 7) is 0. The molecule has 1 aliphatic rings. The van der Waals surface area contributed by atoms with E-state index in [-0.39, 0.29) is 11.6 Å². The number of carbonyl (C=O) groups is 1. The van der Waals surface area contributed by atoms with Crippen LogP contribution in [0.5, 0.6) is 5.75 Å². The molecule has 1 heterocycles. The summed E-state index contributed by atoms with van der Waals surface area (Å²) in [7, 11) is 0. The number of rotatable bonds is 3. The first-order chi connectivity index (χ1) is 14.7. The molecule has 0 aromatic heterocycles. The normalized spacial score (nSPS) is 18.0. The Morgan fingerprint density at radius 1 is 0.767 bits per heavy atom. The Morgan fingerprint density at radius 3 is 2.07 bits per heavy atom. The molecule has 0 radical (unpaired) electrons. The number of amides is 1. The molecule has 5 heteroatoms. The van der Waals surface area contributed by atoms with E-state index in [0.29, 0.717) is 11.3 Å². The van der Waals surface area contributed by atoms with Crippen LogP contribution in [0.1, 0.15) is 29.0 Å². The zero-order chi connectivity index (χ0) is 20.7. The van der Waals surface area contributed by atoms with Crippen LogP contribution in [-0.2, 0) is 4.79 Å². The van der Waals surface area contributed by atoms with Gasteiger partial charge in [0, 0.05) is 11.1 Å². The van der Waals surface area contributed by atoms with Crippen molar-refractivity contribution >= 4 is 17.2 Å². The predicted octanol–water partition coefficient (Wildman–Crippen LogP) is 5.76. The number of benzene rings is 4. The molecule has 0 spiro atoms. The fraction of sp³-hybridized carbons (Fsp3) is 0.0800. The van der Waals surface area contributed by atoms with E-state index in [0.717, 1.165) is 28.3 Å². The third-order valence-corrected chi connectivity index (χ3v) is 5.47. The van der Waals surface area contributed by atoms with Crippen LogP contribution in [0, 0.1) is 11.6 Å². The van der Waals surface area contributed by atoms with Gasteiger partial charge in [-0.15, -0.1) is 0 Å². The summed E-state index contributed by atoms with van der Waals surface area (Å²) in [5.74, 6) is -0.0826. The summed E-state index contributed by atoms with van der Waals surface area (Å²) in [6, 6.07) is 23.2. The Balaban J connectivity index is 1.76. The molecule has 4 aromatic carbocycles. The Kier molecular flexibility index (Phi) is 4.43. The van der Waals surface area contributed by atoms with Crippen LogP contribution in [0.2, 0.25) is 0 Å². The number of nitrogens with zero attached hydrogens (tertiary/aromatic N) is 1. The lowest BCUT2D eigenvalue weighted by Crippen LogP contribution is -2.39. The molecule has 1 aliphatic heterocycles. The van der Waals surface area contributed by atoms with Crippen LogP contribution in [0.3, 0.4) is 0 Å². The van der Waals surface area contributed by atoms with Crippen LogP contribution >= 0.6 is 0 Å². The highest BCUT2D eigenvalue weighted by Gasteiger charge is 2.38. The van der Waals surface area contributed by atoms with Crippen molar-refractivity contribution in [2.75, 3.05) is 0 Å². The van der Waals surface area contributed by atoms with Gasteiger partial charge in [0.2, 0.25) is 12.6 Å². The summed E-state index contributed by atoms with van der Waals surface area (Å²) in [4.78, 5) is 13.9. The Morgan fingerprint density at radius 2 is 1.40 bits per heavy atom. The van der Waals surface area contributed by atoms with Crippen molar-refractivity contribution < 1.29 is 18.3 Å². The minimum Gasteiger partial charge on any atom is -0.466 e. The van der Waals surface area contributed by atoms with Crippen LogP contribution in [0.15, 0.2) is 84.9 Å². The minimum atomic E-state index is -0.744. The van der Waals surface area contributed by atoms with Crippen LogP contribution < -0.4 is 4.74 Å². The highest BCUT2D eigenvalue weighted by Crippen LogP contribution is 2.47. The number of hydrogen-bond donors (Lipinski definition) is 0. The van der Waals surface area contributed by atoms with E-state index in [1.165, 1.54) is 24.3 Å². The molecule has 0 N–H and O–H groups in total. The van der Waals surface area contributed by atoms with E-state index < -0.39 is 12.3 Å². The second-order valence-electron chi connectivity index (χ2n) is 7.23. The number of ether oxygens (including phenoxy) is 1. The van der Waals surface area contributed by atoms with Crippen LogP contribution in [-0.4, -0.2) is 11.3 Å². The zero-order valence-corrected chi connectivity index (χ0v) is 15.8. The van der Waals surface area contributed by atoms with E-state index >= 15 is 0 Å². The first kappa shape index (κ1) is 18.3. The van der Waals surface area contributed by atoms with Gasteiger partial charge in [0.1, 0.15) is 17.4 Å². The van der Waals surface area contributed by atoms with Crippen molar-refractivity contribution in [3.8, 4) is 5.75 Å². The predicted molar refractivity (Wildman–Crippen MR) is 110 cm³/mol. The number of fused-ring (bicyclic) bond motifs is 3. The maximum Gasteiger partial charge on any atom is 0.213 e. The molecule has 1 amide bonds. The van der Waals surface area contributed by atoms with Gasteiger partial charge >= 0.3 is 0 Å². The first-order valence-electron chi connectivity index (χ1n) is 9.57. The maximum atomic E-state index is 13.6. The van der Waals surface area contributed by atoms with Crippen molar-refractivity contribution in [2.45, 2.75) is 12.3 Å². The van der Waals surface area contributed by atoms with Crippen molar-refractivity contribution in [3.05, 3.63) is 113 Å². The van der Waals surface area contributed by atoms with Gasteiger partial charge in [0.15, 0.2) is 0 Å². The fourth-order valence-electron chi connectivity index (χ4n) is 4.09. The molecule has 0 unspecified atom stereocenters. The van der Waals surface area contributed by atoms with Gasteiger partial charge in [-0.25, -0.2) is 8.78 Å². The summed E-state index contributed by atoms with van der Waals surface area (Å²) in [5, 5.41) is 1.96. The van der Waals surface area contributed by atoms with Gasteiger partial charge in [-0.1, -0.05) is 54.6 Å². The lowest BCUT2D eigenvalue weighted by Gasteiger charge is -2.41. The van der Waals surface area contributed by atoms with E-state index in [1.54, 1.807) is 29.2 Å². The average molecular weight is 401 g/mol. The topological polar surface area (TPSA) is 29.5 Å². The van der Waals surface area contributed by atoms with E-state index in [2.05, 4.69) is 0 Å². The van der Waals surface area contributed by atoms with Gasteiger partial charge in [0.05, 0.1) is 6.04 Å². The summed E-state index contributed by atoms with van der Waals surface area (Å²) in [5.41, 5.74) is 2.25. The SMILES string of the molecule is O=CN1[C@H](c2ccc(F)cc2)c2c(ccc3ccccc23)O[C@H]1c1ccc(F)cc1. The van der Waals surface area contributed by atoms with Gasteiger partial charge in [-0.2, -0.15) is 0 Å². The lowest BCUT2D eigenvalue weighted by atomic mass is 9.90. The summed E-state index contributed by atoms with van der Waals surface area (Å²) in [6.07, 6.45) is -0.0148. The molecule has 30 heavy (non-hydrogen) atoms. The van der Waals surface area contributed by atoms with Crippen molar-refractivity contribution in [1.29, 1.82) is 0 Å². The quantitative estimate of drug-likeness (QED) is 0.409. The minimum absolute atomic E-state index is 0.350. The largest absolute Gasteiger partial charge is 0.466 e. The Hall–Kier alpha value is -3.73.